The maximum atomic E-state index is 13.3. The lowest BCUT2D eigenvalue weighted by molar-refractivity contribution is 0.580. The number of rotatable bonds is 7. The van der Waals surface area contributed by atoms with Crippen LogP contribution in [0.4, 0.5) is 10.1 Å². The fourth-order valence-corrected chi connectivity index (χ4v) is 4.43. The summed E-state index contributed by atoms with van der Waals surface area (Å²) in [6, 6.07) is 21.9. The number of nitrogens with zero attached hydrogens (tertiary/aromatic N) is 2. The first-order chi connectivity index (χ1) is 15.5. The number of aromatic nitrogens is 1. The standard InChI is InChI=1S/C24H19FN4O2S/c25-20-7-3-5-17(11-20)15-29-32(30,31)21-8-4-6-18(12-21)14-28-24-19(13-26)16-27-23-10-2-1-9-22(23)24/h1-12,16,29H,14-15H2,(H,27,28). The fraction of sp³-hybridized carbons (Fsp3) is 0.0833. The Kier molecular flexibility index (Phi) is 6.12. The summed E-state index contributed by atoms with van der Waals surface area (Å²) < 4.78 is 41.3. The third-order valence-corrected chi connectivity index (χ3v) is 6.33. The van der Waals surface area contributed by atoms with Crippen LogP contribution in [0, 0.1) is 17.1 Å². The Morgan fingerprint density at radius 3 is 2.47 bits per heavy atom. The maximum absolute atomic E-state index is 13.3. The molecule has 0 aliphatic heterocycles. The van der Waals surface area contributed by atoms with E-state index in [4.69, 9.17) is 0 Å². The average Bonchev–Trinajstić information content (AvgIpc) is 2.81. The zero-order valence-corrected chi connectivity index (χ0v) is 17.7. The van der Waals surface area contributed by atoms with E-state index in [1.54, 1.807) is 24.3 Å². The number of hydrogen-bond donors (Lipinski definition) is 2. The Morgan fingerprint density at radius 2 is 1.69 bits per heavy atom. The van der Waals surface area contributed by atoms with Crippen LogP contribution in [0.5, 0.6) is 0 Å². The molecule has 0 saturated heterocycles. The van der Waals surface area contributed by atoms with Crippen LogP contribution in [-0.4, -0.2) is 13.4 Å². The Bertz CT molecular complexity index is 1430. The molecule has 1 aromatic heterocycles. The minimum Gasteiger partial charge on any atom is -0.379 e. The summed E-state index contributed by atoms with van der Waals surface area (Å²) >= 11 is 0. The minimum atomic E-state index is -3.79. The predicted molar refractivity (Wildman–Crippen MR) is 121 cm³/mol. The lowest BCUT2D eigenvalue weighted by Gasteiger charge is -2.12. The van der Waals surface area contributed by atoms with Crippen molar-refractivity contribution in [1.82, 2.24) is 9.71 Å². The molecule has 0 fully saturated rings. The summed E-state index contributed by atoms with van der Waals surface area (Å²) in [5.41, 5.74) is 3.06. The predicted octanol–water partition coefficient (Wildman–Crippen LogP) is 4.34. The first-order valence-electron chi connectivity index (χ1n) is 9.81. The van der Waals surface area contributed by atoms with Gasteiger partial charge in [0.15, 0.2) is 0 Å². The van der Waals surface area contributed by atoms with E-state index in [2.05, 4.69) is 21.1 Å². The van der Waals surface area contributed by atoms with Crippen LogP contribution in [0.25, 0.3) is 10.9 Å². The summed E-state index contributed by atoms with van der Waals surface area (Å²) in [5.74, 6) is -0.421. The zero-order chi connectivity index (χ0) is 22.6. The van der Waals surface area contributed by atoms with Gasteiger partial charge in [-0.05, 0) is 41.5 Å². The van der Waals surface area contributed by atoms with Gasteiger partial charge in [-0.2, -0.15) is 5.26 Å². The molecule has 4 aromatic rings. The molecule has 0 aliphatic rings. The van der Waals surface area contributed by atoms with Gasteiger partial charge in [-0.15, -0.1) is 0 Å². The van der Waals surface area contributed by atoms with Gasteiger partial charge in [-0.3, -0.25) is 4.98 Å². The second-order valence-corrected chi connectivity index (χ2v) is 8.90. The fourth-order valence-electron chi connectivity index (χ4n) is 3.34. The van der Waals surface area contributed by atoms with E-state index in [-0.39, 0.29) is 11.4 Å². The van der Waals surface area contributed by atoms with Gasteiger partial charge in [0.1, 0.15) is 11.9 Å². The first kappa shape index (κ1) is 21.4. The van der Waals surface area contributed by atoms with Crippen LogP contribution in [0.2, 0.25) is 0 Å². The molecule has 0 radical (unpaired) electrons. The largest absolute Gasteiger partial charge is 0.379 e. The Balaban J connectivity index is 1.53. The second kappa shape index (κ2) is 9.14. The van der Waals surface area contributed by atoms with Crippen molar-refractivity contribution in [3.63, 3.8) is 0 Å². The highest BCUT2D eigenvalue weighted by molar-refractivity contribution is 7.89. The van der Waals surface area contributed by atoms with Crippen molar-refractivity contribution in [3.05, 3.63) is 102 Å². The summed E-state index contributed by atoms with van der Waals surface area (Å²) in [6.07, 6.45) is 1.52. The quantitative estimate of drug-likeness (QED) is 0.440. The first-order valence-corrected chi connectivity index (χ1v) is 11.3. The van der Waals surface area contributed by atoms with Crippen molar-refractivity contribution in [1.29, 1.82) is 5.26 Å². The molecule has 8 heteroatoms. The molecule has 2 N–H and O–H groups in total. The van der Waals surface area contributed by atoms with E-state index in [9.17, 15) is 18.1 Å². The maximum Gasteiger partial charge on any atom is 0.240 e. The highest BCUT2D eigenvalue weighted by Gasteiger charge is 2.15. The minimum absolute atomic E-state index is 0.0168. The molecule has 0 atom stereocenters. The van der Waals surface area contributed by atoms with Gasteiger partial charge in [-0.1, -0.05) is 42.5 Å². The number of hydrogen-bond acceptors (Lipinski definition) is 5. The van der Waals surface area contributed by atoms with E-state index < -0.39 is 15.8 Å². The average molecular weight is 447 g/mol. The molecule has 4 rings (SSSR count). The van der Waals surface area contributed by atoms with Gasteiger partial charge in [0.2, 0.25) is 10.0 Å². The molecule has 6 nitrogen and oxygen atoms in total. The van der Waals surface area contributed by atoms with E-state index in [1.807, 2.05) is 24.3 Å². The Hall–Kier alpha value is -3.80. The van der Waals surface area contributed by atoms with E-state index in [0.29, 0.717) is 23.4 Å². The Labute approximate surface area is 185 Å². The Morgan fingerprint density at radius 1 is 0.938 bits per heavy atom. The summed E-state index contributed by atoms with van der Waals surface area (Å²) in [6.45, 7) is 0.299. The van der Waals surface area contributed by atoms with Crippen molar-refractivity contribution >= 4 is 26.6 Å². The molecule has 3 aromatic carbocycles. The summed E-state index contributed by atoms with van der Waals surface area (Å²) in [5, 5.41) is 13.5. The smallest absolute Gasteiger partial charge is 0.240 e. The van der Waals surface area contributed by atoms with Crippen molar-refractivity contribution < 1.29 is 12.8 Å². The number of pyridine rings is 1. The van der Waals surface area contributed by atoms with Gasteiger partial charge in [0.25, 0.3) is 0 Å². The van der Waals surface area contributed by atoms with Crippen LogP contribution in [-0.2, 0) is 23.1 Å². The van der Waals surface area contributed by atoms with Crippen LogP contribution < -0.4 is 10.0 Å². The van der Waals surface area contributed by atoms with Crippen molar-refractivity contribution in [2.75, 3.05) is 5.32 Å². The monoisotopic (exact) mass is 446 g/mol. The molecule has 0 spiro atoms. The van der Waals surface area contributed by atoms with Crippen molar-refractivity contribution in [2.45, 2.75) is 18.0 Å². The second-order valence-electron chi connectivity index (χ2n) is 7.13. The van der Waals surface area contributed by atoms with Gasteiger partial charge in [0, 0.05) is 24.7 Å². The normalized spacial score (nSPS) is 11.2. The summed E-state index contributed by atoms with van der Waals surface area (Å²) in [4.78, 5) is 4.40. The molecular weight excluding hydrogens is 427 g/mol. The van der Waals surface area contributed by atoms with Gasteiger partial charge in [-0.25, -0.2) is 17.5 Å². The number of anilines is 1. The van der Waals surface area contributed by atoms with Crippen LogP contribution >= 0.6 is 0 Å². The number of sulfonamides is 1. The van der Waals surface area contributed by atoms with Crippen molar-refractivity contribution in [3.8, 4) is 6.07 Å². The highest BCUT2D eigenvalue weighted by atomic mass is 32.2. The molecule has 0 bridgehead atoms. The molecule has 1 heterocycles. The number of nitriles is 1. The summed E-state index contributed by atoms with van der Waals surface area (Å²) in [7, 11) is -3.79. The van der Waals surface area contributed by atoms with Crippen LogP contribution in [0.3, 0.4) is 0 Å². The molecule has 160 valence electrons. The zero-order valence-electron chi connectivity index (χ0n) is 16.9. The molecule has 32 heavy (non-hydrogen) atoms. The third-order valence-electron chi connectivity index (χ3n) is 4.93. The van der Waals surface area contributed by atoms with E-state index >= 15 is 0 Å². The van der Waals surface area contributed by atoms with Crippen LogP contribution in [0.1, 0.15) is 16.7 Å². The molecule has 0 aliphatic carbocycles. The lowest BCUT2D eigenvalue weighted by Crippen LogP contribution is -2.23. The van der Waals surface area contributed by atoms with Crippen molar-refractivity contribution in [2.24, 2.45) is 0 Å². The number of para-hydroxylation sites is 1. The molecular formula is C24H19FN4O2S. The van der Waals surface area contributed by atoms with Gasteiger partial charge < -0.3 is 5.32 Å². The molecule has 0 saturated carbocycles. The SMILES string of the molecule is N#Cc1cnc2ccccc2c1NCc1cccc(S(=O)(=O)NCc2cccc(F)c2)c1. The van der Waals surface area contributed by atoms with Crippen LogP contribution in [0.15, 0.2) is 83.9 Å². The highest BCUT2D eigenvalue weighted by Crippen LogP contribution is 2.26. The third kappa shape index (κ3) is 4.75. The molecule has 0 amide bonds. The number of nitrogens with one attached hydrogen (secondary N) is 2. The molecule has 0 unspecified atom stereocenters. The van der Waals surface area contributed by atoms with E-state index in [0.717, 1.165) is 16.5 Å². The van der Waals surface area contributed by atoms with Gasteiger partial charge in [0.05, 0.1) is 21.7 Å². The number of halogens is 1. The number of benzene rings is 3. The topological polar surface area (TPSA) is 94.9 Å². The lowest BCUT2D eigenvalue weighted by atomic mass is 10.1. The number of fused-ring (bicyclic) bond motifs is 1. The van der Waals surface area contributed by atoms with E-state index in [1.165, 1.54) is 30.5 Å². The van der Waals surface area contributed by atoms with Gasteiger partial charge >= 0.3 is 0 Å².